The molecular formula is C7H6ClN2O4S+. The summed E-state index contributed by atoms with van der Waals surface area (Å²) in [6.07, 6.45) is 0. The Kier molecular flexibility index (Phi) is 3.14. The minimum Gasteiger partial charge on any atom is -0.489 e. The lowest BCUT2D eigenvalue weighted by Crippen LogP contribution is -1.99. The van der Waals surface area contributed by atoms with Gasteiger partial charge in [0.05, 0.1) is 18.2 Å². The molecule has 0 aromatic heterocycles. The Morgan fingerprint density at radius 1 is 1.53 bits per heavy atom. The van der Waals surface area contributed by atoms with E-state index in [1.807, 2.05) is 0 Å². The molecule has 6 nitrogen and oxygen atoms in total. The summed E-state index contributed by atoms with van der Waals surface area (Å²) >= 11 is 5.58. The van der Waals surface area contributed by atoms with Crippen LogP contribution < -0.4 is 4.74 Å². The van der Waals surface area contributed by atoms with Crippen molar-refractivity contribution in [2.45, 2.75) is 4.90 Å². The molecule has 1 N–H and O–H groups in total. The third kappa shape index (κ3) is 2.36. The third-order valence-electron chi connectivity index (χ3n) is 1.62. The predicted molar refractivity (Wildman–Crippen MR) is 52.6 cm³/mol. The van der Waals surface area contributed by atoms with Crippen LogP contribution in [0.5, 0.6) is 5.75 Å². The lowest BCUT2D eigenvalue weighted by molar-refractivity contribution is 0.417. The summed E-state index contributed by atoms with van der Waals surface area (Å²) in [5, 5.41) is 8.34. The van der Waals surface area contributed by atoms with Gasteiger partial charge in [0.25, 0.3) is 10.1 Å². The maximum Gasteiger partial charge on any atom is 0.427 e. The molecule has 0 unspecified atom stereocenters. The lowest BCUT2D eigenvalue weighted by atomic mass is 10.3. The monoisotopic (exact) mass is 249 g/mol. The van der Waals surface area contributed by atoms with Crippen molar-refractivity contribution in [1.82, 2.24) is 0 Å². The van der Waals surface area contributed by atoms with Crippen LogP contribution in [0, 0.1) is 5.39 Å². The fourth-order valence-electron chi connectivity index (χ4n) is 0.964. The molecule has 0 heterocycles. The minimum atomic E-state index is -4.45. The number of halogens is 1. The average molecular weight is 250 g/mol. The van der Waals surface area contributed by atoms with Crippen molar-refractivity contribution < 1.29 is 17.7 Å². The molecule has 1 aromatic rings. The second-order valence-corrected chi connectivity index (χ2v) is 4.33. The summed E-state index contributed by atoms with van der Waals surface area (Å²) in [5.41, 5.74) is -0.144. The van der Waals surface area contributed by atoms with Gasteiger partial charge in [0.15, 0.2) is 4.98 Å². The van der Waals surface area contributed by atoms with Gasteiger partial charge in [0.2, 0.25) is 11.1 Å². The van der Waals surface area contributed by atoms with Gasteiger partial charge in [0.1, 0.15) is 4.90 Å². The molecule has 80 valence electrons. The first-order valence-corrected chi connectivity index (χ1v) is 5.42. The highest BCUT2D eigenvalue weighted by Gasteiger charge is 2.24. The highest BCUT2D eigenvalue weighted by molar-refractivity contribution is 7.86. The summed E-state index contributed by atoms with van der Waals surface area (Å²) in [6.45, 7) is 0. The molecule has 0 bridgehead atoms. The van der Waals surface area contributed by atoms with E-state index in [0.717, 1.165) is 12.1 Å². The Labute approximate surface area is 90.8 Å². The van der Waals surface area contributed by atoms with Crippen LogP contribution in [-0.4, -0.2) is 20.1 Å². The zero-order chi connectivity index (χ0) is 11.6. The maximum absolute atomic E-state index is 10.8. The molecule has 0 fully saturated rings. The number of benzene rings is 1. The van der Waals surface area contributed by atoms with Gasteiger partial charge in [-0.05, 0) is 0 Å². The van der Waals surface area contributed by atoms with Crippen molar-refractivity contribution in [2.24, 2.45) is 0 Å². The Morgan fingerprint density at radius 2 is 2.13 bits per heavy atom. The van der Waals surface area contributed by atoms with Crippen LogP contribution in [0.25, 0.3) is 4.98 Å². The van der Waals surface area contributed by atoms with E-state index in [2.05, 4.69) is 4.98 Å². The van der Waals surface area contributed by atoms with Crippen molar-refractivity contribution in [3.8, 4) is 5.75 Å². The largest absolute Gasteiger partial charge is 0.489 e. The minimum absolute atomic E-state index is 0.0925. The van der Waals surface area contributed by atoms with Gasteiger partial charge in [-0.2, -0.15) is 8.42 Å². The first-order valence-electron chi connectivity index (χ1n) is 3.60. The van der Waals surface area contributed by atoms with Crippen LogP contribution in [0.1, 0.15) is 0 Å². The molecule has 8 heteroatoms. The standard InChI is InChI=1S/C7H5ClN2O4S/c1-14-6-2-4(8)7(15(11,12)13)3-5(6)10-9/h2-3H,1H3/p+1. The van der Waals surface area contributed by atoms with E-state index in [0.29, 0.717) is 0 Å². The van der Waals surface area contributed by atoms with Gasteiger partial charge in [0, 0.05) is 6.07 Å². The molecule has 0 saturated carbocycles. The van der Waals surface area contributed by atoms with Crippen LogP contribution in [0.4, 0.5) is 5.69 Å². The quantitative estimate of drug-likeness (QED) is 0.640. The van der Waals surface area contributed by atoms with Gasteiger partial charge >= 0.3 is 5.69 Å². The van der Waals surface area contributed by atoms with Crippen LogP contribution in [-0.2, 0) is 10.1 Å². The second-order valence-electron chi connectivity index (χ2n) is 2.53. The van der Waals surface area contributed by atoms with Crippen molar-refractivity contribution in [3.63, 3.8) is 0 Å². The van der Waals surface area contributed by atoms with Gasteiger partial charge in [-0.1, -0.05) is 11.6 Å². The Balaban J connectivity index is 3.55. The van der Waals surface area contributed by atoms with Crippen LogP contribution in [0.2, 0.25) is 5.02 Å². The number of hydrogen-bond acceptors (Lipinski definition) is 4. The SMILES string of the molecule is COc1cc(Cl)c(S(=O)(=O)O)cc1[N+]#N. The van der Waals surface area contributed by atoms with Gasteiger partial charge in [-0.3, -0.25) is 4.55 Å². The van der Waals surface area contributed by atoms with Gasteiger partial charge in [-0.25, -0.2) is 0 Å². The molecule has 0 amide bonds. The van der Waals surface area contributed by atoms with Crippen molar-refractivity contribution in [3.05, 3.63) is 22.1 Å². The smallest absolute Gasteiger partial charge is 0.427 e. The molecule has 1 aromatic carbocycles. The van der Waals surface area contributed by atoms with Gasteiger partial charge < -0.3 is 4.74 Å². The Bertz CT molecular complexity index is 535. The highest BCUT2D eigenvalue weighted by Crippen LogP contribution is 2.35. The van der Waals surface area contributed by atoms with E-state index in [4.69, 9.17) is 26.3 Å². The summed E-state index contributed by atoms with van der Waals surface area (Å²) in [7, 11) is -3.15. The maximum atomic E-state index is 10.8. The summed E-state index contributed by atoms with van der Waals surface area (Å²) < 4.78 is 35.2. The average Bonchev–Trinajstić information content (AvgIpc) is 2.15. The van der Waals surface area contributed by atoms with E-state index in [-0.39, 0.29) is 16.5 Å². The summed E-state index contributed by atoms with van der Waals surface area (Å²) in [4.78, 5) is 2.25. The van der Waals surface area contributed by atoms with Crippen LogP contribution >= 0.6 is 11.6 Å². The summed E-state index contributed by atoms with van der Waals surface area (Å²) in [6, 6.07) is 2.02. The molecular weight excluding hydrogens is 244 g/mol. The second kappa shape index (κ2) is 4.02. The normalized spacial score (nSPS) is 10.8. The molecule has 1 rings (SSSR count). The van der Waals surface area contributed by atoms with E-state index < -0.39 is 15.0 Å². The van der Waals surface area contributed by atoms with E-state index in [9.17, 15) is 8.42 Å². The van der Waals surface area contributed by atoms with E-state index in [1.165, 1.54) is 7.11 Å². The van der Waals surface area contributed by atoms with Crippen molar-refractivity contribution >= 4 is 27.4 Å². The number of diazo groups is 1. The molecule has 0 atom stereocenters. The Hall–Kier alpha value is -1.36. The van der Waals surface area contributed by atoms with Crippen molar-refractivity contribution in [2.75, 3.05) is 7.11 Å². The zero-order valence-electron chi connectivity index (χ0n) is 7.51. The van der Waals surface area contributed by atoms with Gasteiger partial charge in [-0.15, -0.1) is 0 Å². The molecule has 0 aliphatic carbocycles. The number of nitrogens with zero attached hydrogens (tertiary/aromatic N) is 2. The van der Waals surface area contributed by atoms with E-state index in [1.54, 1.807) is 0 Å². The van der Waals surface area contributed by atoms with Crippen LogP contribution in [0.15, 0.2) is 17.0 Å². The fraction of sp³-hybridized carbons (Fsp3) is 0.143. The van der Waals surface area contributed by atoms with Crippen molar-refractivity contribution in [1.29, 1.82) is 5.39 Å². The number of methoxy groups -OCH3 is 1. The molecule has 0 aliphatic heterocycles. The highest BCUT2D eigenvalue weighted by atomic mass is 35.5. The molecule has 15 heavy (non-hydrogen) atoms. The molecule has 0 aliphatic rings. The Morgan fingerprint density at radius 3 is 2.53 bits per heavy atom. The topological polar surface area (TPSA) is 91.8 Å². The molecule has 0 radical (unpaired) electrons. The first-order chi connectivity index (χ1) is 6.90. The summed E-state index contributed by atoms with van der Waals surface area (Å²) in [5.74, 6) is 0.0925. The lowest BCUT2D eigenvalue weighted by Gasteiger charge is -2.01. The predicted octanol–water partition coefficient (Wildman–Crippen LogP) is 2.08. The molecule has 0 saturated heterocycles. The number of ether oxygens (including phenoxy) is 1. The number of rotatable bonds is 2. The molecule has 0 spiro atoms. The third-order valence-corrected chi connectivity index (χ3v) is 2.94. The zero-order valence-corrected chi connectivity index (χ0v) is 9.08. The van der Waals surface area contributed by atoms with Crippen LogP contribution in [0.3, 0.4) is 0 Å². The first kappa shape index (κ1) is 11.7. The number of hydrogen-bond donors (Lipinski definition) is 1. The van der Waals surface area contributed by atoms with E-state index >= 15 is 0 Å². The fourth-order valence-corrected chi connectivity index (χ4v) is 1.98.